The largest absolute Gasteiger partial charge is 0.392 e. The van der Waals surface area contributed by atoms with E-state index < -0.39 is 0 Å². The Labute approximate surface area is 88.0 Å². The van der Waals surface area contributed by atoms with Crippen molar-refractivity contribution in [2.75, 3.05) is 0 Å². The van der Waals surface area contributed by atoms with Crippen molar-refractivity contribution in [1.29, 1.82) is 0 Å². The molecule has 1 heterocycles. The van der Waals surface area contributed by atoms with Crippen LogP contribution < -0.4 is 0 Å². The lowest BCUT2D eigenvalue weighted by Crippen LogP contribution is -2.16. The number of rotatable bonds is 3. The highest BCUT2D eigenvalue weighted by atomic mass is 32.1. The molecule has 2 saturated carbocycles. The second-order valence-electron chi connectivity index (χ2n) is 4.53. The Bertz CT molecular complexity index is 301. The molecule has 0 amide bonds. The Balaban J connectivity index is 1.59. The van der Waals surface area contributed by atoms with Crippen LogP contribution in [0.1, 0.15) is 24.3 Å². The highest BCUT2D eigenvalue weighted by molar-refractivity contribution is 7.09. The van der Waals surface area contributed by atoms with E-state index in [4.69, 9.17) is 0 Å². The molecule has 2 nitrogen and oxygen atoms in total. The number of hydrogen-bond acceptors (Lipinski definition) is 3. The predicted molar refractivity (Wildman–Crippen MR) is 56.1 cm³/mol. The Morgan fingerprint density at radius 2 is 2.29 bits per heavy atom. The molecule has 14 heavy (non-hydrogen) atoms. The summed E-state index contributed by atoms with van der Waals surface area (Å²) in [5.41, 5.74) is 0. The van der Waals surface area contributed by atoms with E-state index in [1.165, 1.54) is 19.3 Å². The van der Waals surface area contributed by atoms with Crippen molar-refractivity contribution >= 4 is 11.3 Å². The lowest BCUT2D eigenvalue weighted by Gasteiger charge is -2.10. The van der Waals surface area contributed by atoms with E-state index in [9.17, 15) is 5.11 Å². The van der Waals surface area contributed by atoms with Crippen LogP contribution in [-0.2, 0) is 6.42 Å². The molecule has 1 aromatic heterocycles. The number of fused-ring (bicyclic) bond motifs is 1. The first-order chi connectivity index (χ1) is 6.86. The Kier molecular flexibility index (Phi) is 2.10. The first-order valence-electron chi connectivity index (χ1n) is 5.42. The van der Waals surface area contributed by atoms with Crippen LogP contribution >= 0.6 is 11.3 Å². The number of hydrogen-bond donors (Lipinski definition) is 1. The van der Waals surface area contributed by atoms with Crippen LogP contribution in [0.3, 0.4) is 0 Å². The third-order valence-corrected chi connectivity index (χ3v) is 4.59. The Morgan fingerprint density at radius 3 is 2.93 bits per heavy atom. The molecule has 3 heteroatoms. The summed E-state index contributed by atoms with van der Waals surface area (Å²) in [4.78, 5) is 4.22. The monoisotopic (exact) mass is 209 g/mol. The van der Waals surface area contributed by atoms with Gasteiger partial charge in [-0.3, -0.25) is 0 Å². The molecule has 2 aliphatic carbocycles. The Hall–Kier alpha value is -0.410. The van der Waals surface area contributed by atoms with E-state index in [1.807, 2.05) is 11.6 Å². The molecular weight excluding hydrogens is 194 g/mol. The molecule has 2 aliphatic rings. The summed E-state index contributed by atoms with van der Waals surface area (Å²) in [5, 5.41) is 13.1. The average Bonchev–Trinajstić information content (AvgIpc) is 2.63. The van der Waals surface area contributed by atoms with Crippen LogP contribution in [0.2, 0.25) is 0 Å². The molecule has 1 aromatic rings. The number of thiazole rings is 1. The van der Waals surface area contributed by atoms with Gasteiger partial charge in [-0.2, -0.15) is 0 Å². The zero-order chi connectivity index (χ0) is 9.54. The highest BCUT2D eigenvalue weighted by Crippen LogP contribution is 2.59. The fraction of sp³-hybridized carbons (Fsp3) is 0.727. The maximum atomic E-state index is 10.0. The molecule has 76 valence electrons. The van der Waals surface area contributed by atoms with Gasteiger partial charge in [0.1, 0.15) is 0 Å². The topological polar surface area (TPSA) is 33.1 Å². The third kappa shape index (κ3) is 1.39. The summed E-state index contributed by atoms with van der Waals surface area (Å²) in [6, 6.07) is 0. The van der Waals surface area contributed by atoms with Gasteiger partial charge in [-0.25, -0.2) is 4.98 Å². The molecule has 3 unspecified atom stereocenters. The molecule has 0 spiro atoms. The second kappa shape index (κ2) is 3.31. The van der Waals surface area contributed by atoms with E-state index in [2.05, 4.69) is 4.98 Å². The molecular formula is C11H15NOS. The van der Waals surface area contributed by atoms with Gasteiger partial charge in [-0.15, -0.1) is 11.3 Å². The van der Waals surface area contributed by atoms with Crippen LogP contribution in [0.5, 0.6) is 0 Å². The summed E-state index contributed by atoms with van der Waals surface area (Å²) in [6.45, 7) is 0. The van der Waals surface area contributed by atoms with Gasteiger partial charge in [0.2, 0.25) is 0 Å². The molecule has 2 fully saturated rings. The van der Waals surface area contributed by atoms with Gasteiger partial charge in [0, 0.05) is 18.0 Å². The zero-order valence-electron chi connectivity index (χ0n) is 8.10. The molecule has 0 saturated heterocycles. The van der Waals surface area contributed by atoms with E-state index >= 15 is 0 Å². The van der Waals surface area contributed by atoms with Gasteiger partial charge in [-0.1, -0.05) is 6.42 Å². The summed E-state index contributed by atoms with van der Waals surface area (Å²) in [5.74, 6) is 2.31. The number of aliphatic hydroxyl groups excluding tert-OH is 1. The van der Waals surface area contributed by atoms with Crippen molar-refractivity contribution in [2.24, 2.45) is 17.8 Å². The van der Waals surface area contributed by atoms with Crippen molar-refractivity contribution in [3.05, 3.63) is 16.6 Å². The van der Waals surface area contributed by atoms with Crippen molar-refractivity contribution in [3.8, 4) is 0 Å². The second-order valence-corrected chi connectivity index (χ2v) is 5.51. The van der Waals surface area contributed by atoms with Gasteiger partial charge in [0.05, 0.1) is 11.1 Å². The quantitative estimate of drug-likeness (QED) is 0.827. The summed E-state index contributed by atoms with van der Waals surface area (Å²) in [7, 11) is 0. The molecule has 0 radical (unpaired) electrons. The van der Waals surface area contributed by atoms with Gasteiger partial charge >= 0.3 is 0 Å². The van der Waals surface area contributed by atoms with Crippen molar-refractivity contribution < 1.29 is 5.11 Å². The predicted octanol–water partition coefficient (Wildman–Crippen LogP) is 2.09. The number of nitrogens with zero attached hydrogens (tertiary/aromatic N) is 1. The molecule has 1 N–H and O–H groups in total. The minimum atomic E-state index is -0.128. The molecule has 0 aromatic carbocycles. The maximum absolute atomic E-state index is 10.0. The molecule has 3 rings (SSSR count). The SMILES string of the molecule is OC(Cc1nccs1)C1C2CCCC21. The van der Waals surface area contributed by atoms with Crippen LogP contribution in [0.15, 0.2) is 11.6 Å². The van der Waals surface area contributed by atoms with E-state index in [0.717, 1.165) is 23.3 Å². The van der Waals surface area contributed by atoms with Crippen molar-refractivity contribution in [1.82, 2.24) is 4.98 Å². The third-order valence-electron chi connectivity index (χ3n) is 3.78. The first kappa shape index (κ1) is 8.86. The molecule has 0 bridgehead atoms. The van der Waals surface area contributed by atoms with E-state index in [1.54, 1.807) is 11.3 Å². The maximum Gasteiger partial charge on any atom is 0.0950 e. The van der Waals surface area contributed by atoms with Gasteiger partial charge < -0.3 is 5.11 Å². The number of aliphatic hydroxyl groups is 1. The summed E-state index contributed by atoms with van der Waals surface area (Å²) in [6.07, 6.45) is 6.55. The lowest BCUT2D eigenvalue weighted by atomic mass is 10.0. The molecule has 3 atom stereocenters. The van der Waals surface area contributed by atoms with Gasteiger partial charge in [0.15, 0.2) is 0 Å². The summed E-state index contributed by atoms with van der Waals surface area (Å²) < 4.78 is 0. The van der Waals surface area contributed by atoms with E-state index in [-0.39, 0.29) is 6.10 Å². The smallest absolute Gasteiger partial charge is 0.0950 e. The lowest BCUT2D eigenvalue weighted by molar-refractivity contribution is 0.135. The molecule has 0 aliphatic heterocycles. The number of aromatic nitrogens is 1. The minimum Gasteiger partial charge on any atom is -0.392 e. The highest BCUT2D eigenvalue weighted by Gasteiger charge is 2.55. The van der Waals surface area contributed by atoms with Gasteiger partial charge in [0.25, 0.3) is 0 Å². The first-order valence-corrected chi connectivity index (χ1v) is 6.30. The van der Waals surface area contributed by atoms with Crippen LogP contribution in [0.4, 0.5) is 0 Å². The zero-order valence-corrected chi connectivity index (χ0v) is 8.91. The minimum absolute atomic E-state index is 0.128. The fourth-order valence-corrected chi connectivity index (χ4v) is 3.78. The van der Waals surface area contributed by atoms with E-state index in [0.29, 0.717) is 5.92 Å². The Morgan fingerprint density at radius 1 is 1.50 bits per heavy atom. The van der Waals surface area contributed by atoms with Crippen molar-refractivity contribution in [3.63, 3.8) is 0 Å². The summed E-state index contributed by atoms with van der Waals surface area (Å²) >= 11 is 1.65. The van der Waals surface area contributed by atoms with Crippen LogP contribution in [-0.4, -0.2) is 16.2 Å². The van der Waals surface area contributed by atoms with Crippen LogP contribution in [0, 0.1) is 17.8 Å². The van der Waals surface area contributed by atoms with Crippen molar-refractivity contribution in [2.45, 2.75) is 31.8 Å². The standard InChI is InChI=1S/C11H15NOS/c13-9(6-10-12-4-5-14-10)11-7-2-1-3-8(7)11/h4-5,7-9,11,13H,1-3,6H2. The van der Waals surface area contributed by atoms with Gasteiger partial charge in [-0.05, 0) is 30.6 Å². The normalized spacial score (nSPS) is 36.8. The average molecular weight is 209 g/mol. The fourth-order valence-electron chi connectivity index (χ4n) is 3.12. The van der Waals surface area contributed by atoms with Crippen LogP contribution in [0.25, 0.3) is 0 Å².